The fourth-order valence-corrected chi connectivity index (χ4v) is 11.8. The number of rotatable bonds is 17. The van der Waals surface area contributed by atoms with E-state index in [0.717, 1.165) is 12.1 Å². The van der Waals surface area contributed by atoms with Crippen LogP contribution in [0.2, 0.25) is 5.02 Å². The monoisotopic (exact) mass is 1060 g/mol. The second-order valence-corrected chi connectivity index (χ2v) is 24.0. The number of benzene rings is 2. The van der Waals surface area contributed by atoms with Gasteiger partial charge in [-0.1, -0.05) is 23.7 Å². The van der Waals surface area contributed by atoms with Crippen LogP contribution in [0.15, 0.2) is 58.7 Å². The third-order valence-electron chi connectivity index (χ3n) is 12.6. The fraction of sp³-hybridized carbons (Fsp3) is 0.500. The number of hydrogen-bond donors (Lipinski definition) is 3. The molecule has 0 spiro atoms. The number of anilines is 1. The maximum Gasteiger partial charge on any atom is 0.408 e. The van der Waals surface area contributed by atoms with Crippen LogP contribution in [0, 0.1) is 11.6 Å². The first-order chi connectivity index (χ1) is 32.3. The van der Waals surface area contributed by atoms with Gasteiger partial charge in [0.1, 0.15) is 30.4 Å². The van der Waals surface area contributed by atoms with Crippen molar-refractivity contribution in [1.82, 2.24) is 20.1 Å². The summed E-state index contributed by atoms with van der Waals surface area (Å²) in [5.41, 5.74) is -1.80. The molecule has 2 aromatic heterocycles. The van der Waals surface area contributed by atoms with Crippen LogP contribution in [0.1, 0.15) is 88.7 Å². The first-order valence-electron chi connectivity index (χ1n) is 21.6. The van der Waals surface area contributed by atoms with Gasteiger partial charge in [-0.3, -0.25) is 24.2 Å². The van der Waals surface area contributed by atoms with Crippen LogP contribution >= 0.6 is 11.6 Å². The molecule has 4 aromatic rings. The molecule has 26 heteroatoms. The SMILES string of the molecule is CC1(S(=O)(=O)Nc2nn(CC(F)(F)F)c3c(-c4ccc(CCC(C)(C)S(=O)(=O)C5CC5)nc4[C@H](Cc4cc(F)cc(F)c4)NC(=O)CN=C4C(=C(N)C(F)F)C(F)(F)CCC4(F)F)ccc(Cl)c23)CC1. The Bertz CT molecular complexity index is 3010. The van der Waals surface area contributed by atoms with E-state index < -0.39 is 143 Å². The summed E-state index contributed by atoms with van der Waals surface area (Å²) in [7, 11) is -7.96. The minimum Gasteiger partial charge on any atom is -0.397 e. The number of allylic oxidation sites excluding steroid dienone is 2. The number of carbonyl (C=O) groups excluding carboxylic acids is 1. The summed E-state index contributed by atoms with van der Waals surface area (Å²) >= 11 is 6.60. The van der Waals surface area contributed by atoms with Gasteiger partial charge in [-0.05, 0) is 95.5 Å². The standard InChI is InChI=1S/C44H45ClF11N7O5S2/c1-40(2,69(65,66)26-5-6-26)11-10-25-4-7-27(28-8-9-29(45)32-36(28)63(21-44(54,55)56)61-39(32)62-70(67,68)41(3)12-13-41)35(59-25)30(18-22-16-23(46)19-24(47)17-22)60-31(64)20-58-37-33(34(57)38(48)49)42(50,51)14-15-43(37,52)53/h4,7-9,16-17,19,26,30,38H,5-6,10-15,18,20-21,57H2,1-3H3,(H,60,64)(H,61,62)/t30-/m0/s1. The van der Waals surface area contributed by atoms with E-state index in [-0.39, 0.29) is 64.2 Å². The number of nitrogens with two attached hydrogens (primary N) is 1. The number of nitrogens with one attached hydrogen (secondary N) is 2. The molecular formula is C44H45ClF11N7O5S2. The van der Waals surface area contributed by atoms with Gasteiger partial charge < -0.3 is 11.1 Å². The highest BCUT2D eigenvalue weighted by Gasteiger charge is 2.55. The van der Waals surface area contributed by atoms with E-state index in [2.05, 4.69) is 20.1 Å². The lowest BCUT2D eigenvalue weighted by Gasteiger charge is -2.33. The zero-order valence-electron chi connectivity index (χ0n) is 37.3. The van der Waals surface area contributed by atoms with E-state index in [1.54, 1.807) is 0 Å². The van der Waals surface area contributed by atoms with Gasteiger partial charge in [-0.2, -0.15) is 27.1 Å². The van der Waals surface area contributed by atoms with E-state index in [0.29, 0.717) is 23.6 Å². The summed E-state index contributed by atoms with van der Waals surface area (Å²) in [5, 5.41) is 5.23. The number of aliphatic imine (C=N–C) groups is 1. The molecule has 1 amide bonds. The van der Waals surface area contributed by atoms with Gasteiger partial charge >= 0.3 is 6.18 Å². The van der Waals surface area contributed by atoms with Crippen LogP contribution in [-0.4, -0.2) is 89.0 Å². The van der Waals surface area contributed by atoms with E-state index in [1.807, 2.05) is 0 Å². The molecule has 4 N–H and O–H groups in total. The van der Waals surface area contributed by atoms with Gasteiger partial charge in [-0.25, -0.2) is 43.2 Å². The number of sulfonamides is 1. The summed E-state index contributed by atoms with van der Waals surface area (Å²) < 4.78 is 214. The molecular weight excluding hydrogens is 1020 g/mol. The normalized spacial score (nSPS) is 19.9. The quantitative estimate of drug-likeness (QED) is 0.0876. The van der Waals surface area contributed by atoms with Crippen molar-refractivity contribution in [2.45, 2.75) is 130 Å². The molecule has 3 aliphatic carbocycles. The van der Waals surface area contributed by atoms with E-state index in [4.69, 9.17) is 22.3 Å². The molecule has 3 fully saturated rings. The van der Waals surface area contributed by atoms with E-state index >= 15 is 17.6 Å². The maximum absolute atomic E-state index is 15.3. The van der Waals surface area contributed by atoms with E-state index in [1.165, 1.54) is 45.0 Å². The van der Waals surface area contributed by atoms with Gasteiger partial charge in [-0.15, -0.1) is 0 Å². The molecule has 0 saturated heterocycles. The molecule has 2 aromatic carbocycles. The Labute approximate surface area is 399 Å². The fourth-order valence-electron chi connectivity index (χ4n) is 8.24. The van der Waals surface area contributed by atoms with Crippen LogP contribution < -0.4 is 15.8 Å². The number of fused-ring (bicyclic) bond motifs is 1. The Morgan fingerprint density at radius 2 is 1.56 bits per heavy atom. The molecule has 3 saturated carbocycles. The molecule has 3 aliphatic rings. The van der Waals surface area contributed by atoms with Crippen molar-refractivity contribution in [1.29, 1.82) is 0 Å². The predicted octanol–water partition coefficient (Wildman–Crippen LogP) is 9.56. The van der Waals surface area contributed by atoms with Crippen LogP contribution in [0.5, 0.6) is 0 Å². The number of aryl methyl sites for hydroxylation is 1. The molecule has 2 heterocycles. The molecule has 1 atom stereocenters. The summed E-state index contributed by atoms with van der Waals surface area (Å²) in [6.45, 7) is 1.13. The lowest BCUT2D eigenvalue weighted by atomic mass is 9.84. The topological polar surface area (TPSA) is 179 Å². The molecule has 7 rings (SSSR count). The number of hydrogen-bond acceptors (Lipinski definition) is 9. The summed E-state index contributed by atoms with van der Waals surface area (Å²) in [5.74, 6) is -12.8. The second-order valence-electron chi connectivity index (χ2n) is 18.5. The number of nitrogens with zero attached hydrogens (tertiary/aromatic N) is 4. The van der Waals surface area contributed by atoms with Crippen LogP contribution in [-0.2, 0) is 44.0 Å². The van der Waals surface area contributed by atoms with Gasteiger partial charge in [0, 0.05) is 35.7 Å². The van der Waals surface area contributed by atoms with Crippen molar-refractivity contribution >= 4 is 59.8 Å². The highest BCUT2D eigenvalue weighted by atomic mass is 35.5. The summed E-state index contributed by atoms with van der Waals surface area (Å²) in [6.07, 6.45) is -11.5. The lowest BCUT2D eigenvalue weighted by Crippen LogP contribution is -2.46. The lowest BCUT2D eigenvalue weighted by molar-refractivity contribution is -0.141. The van der Waals surface area contributed by atoms with Crippen molar-refractivity contribution in [2.24, 2.45) is 10.7 Å². The van der Waals surface area contributed by atoms with Crippen LogP contribution in [0.4, 0.5) is 54.1 Å². The Balaban J connectivity index is 1.42. The smallest absolute Gasteiger partial charge is 0.397 e. The molecule has 0 bridgehead atoms. The summed E-state index contributed by atoms with van der Waals surface area (Å²) in [6, 6.07) is 5.56. The number of aromatic nitrogens is 3. The zero-order valence-corrected chi connectivity index (χ0v) is 39.7. The van der Waals surface area contributed by atoms with Crippen LogP contribution in [0.3, 0.4) is 0 Å². The minimum atomic E-state index is -5.00. The maximum atomic E-state index is 15.3. The van der Waals surface area contributed by atoms with Crippen molar-refractivity contribution in [3.63, 3.8) is 0 Å². The number of carbonyl (C=O) groups is 1. The number of pyridine rings is 1. The molecule has 12 nitrogen and oxygen atoms in total. The largest absolute Gasteiger partial charge is 0.408 e. The number of halogens is 12. The average molecular weight is 1060 g/mol. The zero-order chi connectivity index (χ0) is 51.7. The van der Waals surface area contributed by atoms with Gasteiger partial charge in [0.2, 0.25) is 15.9 Å². The van der Waals surface area contributed by atoms with Crippen molar-refractivity contribution < 1.29 is 69.9 Å². The van der Waals surface area contributed by atoms with Gasteiger partial charge in [0.05, 0.1) is 53.7 Å². The summed E-state index contributed by atoms with van der Waals surface area (Å²) in [4.78, 5) is 22.0. The first-order valence-corrected chi connectivity index (χ1v) is 25.0. The molecule has 382 valence electrons. The van der Waals surface area contributed by atoms with Crippen molar-refractivity contribution in [3.8, 4) is 11.1 Å². The number of sulfone groups is 1. The minimum absolute atomic E-state index is 0.0519. The first kappa shape index (κ1) is 52.8. The van der Waals surface area contributed by atoms with Crippen molar-refractivity contribution in [3.05, 3.63) is 87.3 Å². The molecule has 0 unspecified atom stereocenters. The Morgan fingerprint density at radius 1 is 0.943 bits per heavy atom. The highest BCUT2D eigenvalue weighted by Crippen LogP contribution is 2.47. The van der Waals surface area contributed by atoms with Gasteiger partial charge in [0.15, 0.2) is 15.7 Å². The number of amides is 1. The Morgan fingerprint density at radius 3 is 2.14 bits per heavy atom. The molecule has 0 aliphatic heterocycles. The van der Waals surface area contributed by atoms with Crippen LogP contribution in [0.25, 0.3) is 22.0 Å². The third-order valence-corrected chi connectivity index (χ3v) is 18.2. The second kappa shape index (κ2) is 18.5. The highest BCUT2D eigenvalue weighted by molar-refractivity contribution is 7.94. The number of alkyl halides is 9. The average Bonchev–Trinajstić information content (AvgIpc) is 4.18. The Hall–Kier alpha value is -5.04. The molecule has 0 radical (unpaired) electrons. The van der Waals surface area contributed by atoms with E-state index in [9.17, 15) is 52.4 Å². The third kappa shape index (κ3) is 10.9. The Kier molecular flexibility index (Phi) is 14.0. The van der Waals surface area contributed by atoms with Gasteiger partial charge in [0.25, 0.3) is 18.3 Å². The van der Waals surface area contributed by atoms with Crippen molar-refractivity contribution in [2.75, 3.05) is 11.3 Å². The molecule has 70 heavy (non-hydrogen) atoms. The predicted molar refractivity (Wildman–Crippen MR) is 238 cm³/mol.